The normalized spacial score (nSPS) is 10.2. The summed E-state index contributed by atoms with van der Waals surface area (Å²) in [5, 5.41) is 10.7. The van der Waals surface area contributed by atoms with Crippen molar-refractivity contribution in [3.63, 3.8) is 0 Å². The van der Waals surface area contributed by atoms with Gasteiger partial charge in [0.2, 0.25) is 0 Å². The van der Waals surface area contributed by atoms with Crippen LogP contribution in [-0.2, 0) is 9.53 Å². The van der Waals surface area contributed by atoms with Gasteiger partial charge in [-0.15, -0.1) is 0 Å². The van der Waals surface area contributed by atoms with E-state index in [-0.39, 0.29) is 17.4 Å². The summed E-state index contributed by atoms with van der Waals surface area (Å²) in [5.74, 6) is -0.177. The highest BCUT2D eigenvalue weighted by atomic mass is 16.6. The second kappa shape index (κ2) is 12.1. The van der Waals surface area contributed by atoms with Crippen molar-refractivity contribution in [3.05, 3.63) is 76.4 Å². The monoisotopic (exact) mass is 427 g/mol. The maximum absolute atomic E-state index is 12.3. The number of nitro benzene ring substituents is 1. The number of nitrogens with zero attached hydrogens (tertiary/aromatic N) is 1. The van der Waals surface area contributed by atoms with Crippen LogP contribution in [0.1, 0.15) is 43.0 Å². The Labute approximate surface area is 180 Å². The summed E-state index contributed by atoms with van der Waals surface area (Å²) in [7, 11) is 0. The van der Waals surface area contributed by atoms with Crippen molar-refractivity contribution in [2.45, 2.75) is 32.6 Å². The van der Waals surface area contributed by atoms with Crippen LogP contribution in [0, 0.1) is 10.1 Å². The van der Waals surface area contributed by atoms with Crippen LogP contribution in [0.5, 0.6) is 11.5 Å². The van der Waals surface area contributed by atoms with E-state index in [1.165, 1.54) is 24.3 Å². The number of benzene rings is 2. The molecule has 0 N–H and O–H groups in total. The van der Waals surface area contributed by atoms with Gasteiger partial charge in [-0.05, 0) is 62.9 Å². The third-order valence-corrected chi connectivity index (χ3v) is 4.22. The SMILES string of the molecule is C=C(C)C(=O)OCCCCCCOc1cccc(C(=O)Oc2ccc([N+](=O)[O-])cc2)c1. The van der Waals surface area contributed by atoms with Gasteiger partial charge in [-0.1, -0.05) is 12.6 Å². The fourth-order valence-electron chi connectivity index (χ4n) is 2.55. The van der Waals surface area contributed by atoms with Gasteiger partial charge < -0.3 is 14.2 Å². The number of esters is 2. The zero-order chi connectivity index (χ0) is 22.6. The first-order chi connectivity index (χ1) is 14.9. The molecule has 2 aromatic carbocycles. The number of ether oxygens (including phenoxy) is 3. The van der Waals surface area contributed by atoms with Gasteiger partial charge in [-0.3, -0.25) is 10.1 Å². The molecule has 0 unspecified atom stereocenters. The lowest BCUT2D eigenvalue weighted by Gasteiger charge is -2.08. The molecule has 0 aliphatic rings. The summed E-state index contributed by atoms with van der Waals surface area (Å²) in [4.78, 5) is 33.7. The lowest BCUT2D eigenvalue weighted by Crippen LogP contribution is -2.09. The third kappa shape index (κ3) is 8.30. The molecule has 0 aromatic heterocycles. The quantitative estimate of drug-likeness (QED) is 0.119. The van der Waals surface area contributed by atoms with Crippen LogP contribution in [-0.4, -0.2) is 30.1 Å². The Hall–Kier alpha value is -3.68. The number of unbranched alkanes of at least 4 members (excludes halogenated alkanes) is 3. The summed E-state index contributed by atoms with van der Waals surface area (Å²) >= 11 is 0. The van der Waals surface area contributed by atoms with Crippen molar-refractivity contribution >= 4 is 17.6 Å². The number of non-ortho nitro benzene ring substituents is 1. The number of carbonyl (C=O) groups is 2. The van der Waals surface area contributed by atoms with E-state index in [4.69, 9.17) is 14.2 Å². The van der Waals surface area contributed by atoms with E-state index in [1.54, 1.807) is 31.2 Å². The molecule has 0 fully saturated rings. The van der Waals surface area contributed by atoms with E-state index in [2.05, 4.69) is 6.58 Å². The first-order valence-electron chi connectivity index (χ1n) is 9.89. The Morgan fingerprint density at radius 1 is 0.968 bits per heavy atom. The lowest BCUT2D eigenvalue weighted by atomic mass is 10.2. The Balaban J connectivity index is 1.71. The molecule has 0 saturated carbocycles. The number of hydrogen-bond acceptors (Lipinski definition) is 7. The van der Waals surface area contributed by atoms with Gasteiger partial charge in [0, 0.05) is 17.7 Å². The number of hydrogen-bond donors (Lipinski definition) is 0. The first kappa shape index (κ1) is 23.6. The molecule has 0 atom stereocenters. The average molecular weight is 427 g/mol. The van der Waals surface area contributed by atoms with Crippen LogP contribution in [0.25, 0.3) is 0 Å². The average Bonchev–Trinajstić information content (AvgIpc) is 2.75. The molecule has 2 rings (SSSR count). The predicted molar refractivity (Wildman–Crippen MR) is 114 cm³/mol. The topological polar surface area (TPSA) is 105 Å². The zero-order valence-corrected chi connectivity index (χ0v) is 17.4. The molecule has 0 bridgehead atoms. The summed E-state index contributed by atoms with van der Waals surface area (Å²) in [6.07, 6.45) is 3.44. The summed E-state index contributed by atoms with van der Waals surface area (Å²) in [6, 6.07) is 11.9. The van der Waals surface area contributed by atoms with Gasteiger partial charge in [0.15, 0.2) is 0 Å². The predicted octanol–water partition coefficient (Wildman–Crippen LogP) is 4.87. The lowest BCUT2D eigenvalue weighted by molar-refractivity contribution is -0.384. The maximum Gasteiger partial charge on any atom is 0.343 e. The van der Waals surface area contributed by atoms with E-state index in [1.807, 2.05) is 0 Å². The second-order valence-corrected chi connectivity index (χ2v) is 6.85. The van der Waals surface area contributed by atoms with E-state index in [9.17, 15) is 19.7 Å². The number of carbonyl (C=O) groups excluding carboxylic acids is 2. The van der Waals surface area contributed by atoms with Crippen LogP contribution in [0.15, 0.2) is 60.7 Å². The minimum absolute atomic E-state index is 0.0805. The van der Waals surface area contributed by atoms with Crippen LogP contribution < -0.4 is 9.47 Å². The molecule has 0 radical (unpaired) electrons. The van der Waals surface area contributed by atoms with Gasteiger partial charge in [-0.25, -0.2) is 9.59 Å². The molecule has 31 heavy (non-hydrogen) atoms. The molecule has 0 amide bonds. The second-order valence-electron chi connectivity index (χ2n) is 6.85. The van der Waals surface area contributed by atoms with E-state index < -0.39 is 10.9 Å². The molecule has 0 saturated heterocycles. The van der Waals surface area contributed by atoms with Crippen LogP contribution in [0.3, 0.4) is 0 Å². The molecule has 2 aromatic rings. The molecule has 0 aliphatic heterocycles. The van der Waals surface area contributed by atoms with Crippen LogP contribution in [0.4, 0.5) is 5.69 Å². The number of rotatable bonds is 12. The molecule has 8 nitrogen and oxygen atoms in total. The Kier molecular flexibility index (Phi) is 9.22. The van der Waals surface area contributed by atoms with E-state index in [0.717, 1.165) is 25.7 Å². The van der Waals surface area contributed by atoms with Gasteiger partial charge in [-0.2, -0.15) is 0 Å². The fraction of sp³-hybridized carbons (Fsp3) is 0.304. The van der Waals surface area contributed by atoms with Crippen molar-refractivity contribution in [2.75, 3.05) is 13.2 Å². The van der Waals surface area contributed by atoms with Crippen molar-refractivity contribution in [1.82, 2.24) is 0 Å². The molecule has 0 spiro atoms. The summed E-state index contributed by atoms with van der Waals surface area (Å²) < 4.78 is 16.0. The largest absolute Gasteiger partial charge is 0.494 e. The smallest absolute Gasteiger partial charge is 0.343 e. The van der Waals surface area contributed by atoms with Crippen molar-refractivity contribution in [2.24, 2.45) is 0 Å². The summed E-state index contributed by atoms with van der Waals surface area (Å²) in [6.45, 7) is 6.02. The highest BCUT2D eigenvalue weighted by Crippen LogP contribution is 2.20. The Morgan fingerprint density at radius 2 is 1.65 bits per heavy atom. The molecular formula is C23H25NO7. The maximum atomic E-state index is 12.3. The highest BCUT2D eigenvalue weighted by molar-refractivity contribution is 5.91. The summed E-state index contributed by atoms with van der Waals surface area (Å²) in [5.41, 5.74) is 0.630. The van der Waals surface area contributed by atoms with Gasteiger partial charge in [0.1, 0.15) is 11.5 Å². The molecule has 8 heteroatoms. The van der Waals surface area contributed by atoms with Crippen molar-refractivity contribution < 1.29 is 28.7 Å². The van der Waals surface area contributed by atoms with Crippen molar-refractivity contribution in [3.8, 4) is 11.5 Å². The third-order valence-electron chi connectivity index (χ3n) is 4.22. The molecule has 0 heterocycles. The Morgan fingerprint density at radius 3 is 2.29 bits per heavy atom. The van der Waals surface area contributed by atoms with E-state index >= 15 is 0 Å². The Bertz CT molecular complexity index is 922. The van der Waals surface area contributed by atoms with Gasteiger partial charge in [0.25, 0.3) is 5.69 Å². The van der Waals surface area contributed by atoms with Crippen LogP contribution in [0.2, 0.25) is 0 Å². The highest BCUT2D eigenvalue weighted by Gasteiger charge is 2.11. The van der Waals surface area contributed by atoms with Gasteiger partial charge in [0.05, 0.1) is 23.7 Å². The minimum Gasteiger partial charge on any atom is -0.494 e. The number of nitro groups is 1. The first-order valence-corrected chi connectivity index (χ1v) is 9.89. The minimum atomic E-state index is -0.580. The fourth-order valence-corrected chi connectivity index (χ4v) is 2.55. The zero-order valence-electron chi connectivity index (χ0n) is 17.4. The van der Waals surface area contributed by atoms with Gasteiger partial charge >= 0.3 is 11.9 Å². The van der Waals surface area contributed by atoms with Crippen molar-refractivity contribution in [1.29, 1.82) is 0 Å². The van der Waals surface area contributed by atoms with E-state index in [0.29, 0.717) is 30.1 Å². The molecule has 164 valence electrons. The molecular weight excluding hydrogens is 402 g/mol. The standard InChI is InChI=1S/C23H25NO7/c1-17(2)22(25)30-15-6-4-3-5-14-29-21-9-7-8-18(16-21)23(26)31-20-12-10-19(11-13-20)24(27)28/h7-13,16H,1,3-6,14-15H2,2H3. The van der Waals surface area contributed by atoms with Crippen LogP contribution >= 0.6 is 0 Å². The molecule has 0 aliphatic carbocycles.